The lowest BCUT2D eigenvalue weighted by atomic mass is 10.2. The molecule has 0 spiro atoms. The minimum Gasteiger partial charge on any atom is -0.262 e. The Bertz CT molecular complexity index is 368. The van der Waals surface area contributed by atoms with Gasteiger partial charge >= 0.3 is 0 Å². The summed E-state index contributed by atoms with van der Waals surface area (Å²) in [5.74, 6) is 0. The van der Waals surface area contributed by atoms with Crippen molar-refractivity contribution in [2.45, 2.75) is 63.2 Å². The first kappa shape index (κ1) is 12.8. The summed E-state index contributed by atoms with van der Waals surface area (Å²) in [5.41, 5.74) is 2.27. The Morgan fingerprint density at radius 1 is 1.35 bits per heavy atom. The van der Waals surface area contributed by atoms with Crippen molar-refractivity contribution in [3.63, 3.8) is 0 Å². The summed E-state index contributed by atoms with van der Waals surface area (Å²) in [6.45, 7) is 9.88. The highest BCUT2D eigenvalue weighted by Gasteiger charge is 2.50. The molecule has 2 heterocycles. The predicted octanol–water partition coefficient (Wildman–Crippen LogP) is 4.60. The van der Waals surface area contributed by atoms with Gasteiger partial charge in [0.2, 0.25) is 0 Å². The van der Waals surface area contributed by atoms with Gasteiger partial charge in [-0.1, -0.05) is 52.6 Å². The third-order valence-electron chi connectivity index (χ3n) is 4.92. The van der Waals surface area contributed by atoms with Crippen LogP contribution in [-0.4, -0.2) is 13.1 Å². The number of rotatable bonds is 2. The second-order valence-corrected chi connectivity index (χ2v) is 12.3. The molecule has 0 saturated carbocycles. The maximum atomic E-state index is 4.57. The van der Waals surface area contributed by atoms with E-state index in [1.54, 1.807) is 0 Å². The van der Waals surface area contributed by atoms with Gasteiger partial charge in [0.1, 0.15) is 0 Å². The zero-order valence-electron chi connectivity index (χ0n) is 11.7. The second kappa shape index (κ2) is 4.56. The van der Waals surface area contributed by atoms with Gasteiger partial charge in [-0.05, 0) is 28.8 Å². The van der Waals surface area contributed by atoms with Gasteiger partial charge in [-0.25, -0.2) is 0 Å². The van der Waals surface area contributed by atoms with Gasteiger partial charge < -0.3 is 0 Å². The minimum absolute atomic E-state index is 0.500. The van der Waals surface area contributed by atoms with E-state index in [4.69, 9.17) is 0 Å². The van der Waals surface area contributed by atoms with Crippen LogP contribution in [0.5, 0.6) is 0 Å². The fourth-order valence-electron chi connectivity index (χ4n) is 3.71. The van der Waals surface area contributed by atoms with Gasteiger partial charge in [-0.15, -0.1) is 0 Å². The van der Waals surface area contributed by atoms with Crippen molar-refractivity contribution in [1.29, 1.82) is 0 Å². The molecule has 1 nitrogen and oxygen atoms in total. The maximum absolute atomic E-state index is 4.57. The summed E-state index contributed by atoms with van der Waals surface area (Å²) >= 11 is 0. The topological polar surface area (TPSA) is 12.9 Å². The SMILES string of the molecule is CC1CCC[Si]1(Cc1ccccn1)C(C)(C)C. The van der Waals surface area contributed by atoms with Crippen LogP contribution in [0.2, 0.25) is 16.6 Å². The molecular weight excluding hydrogens is 222 g/mol. The Hall–Kier alpha value is -0.633. The average molecular weight is 247 g/mol. The number of hydrogen-bond acceptors (Lipinski definition) is 1. The molecule has 17 heavy (non-hydrogen) atoms. The summed E-state index contributed by atoms with van der Waals surface area (Å²) in [6.07, 6.45) is 4.83. The molecule has 0 bridgehead atoms. The molecule has 1 saturated heterocycles. The van der Waals surface area contributed by atoms with E-state index in [0.29, 0.717) is 5.04 Å². The van der Waals surface area contributed by atoms with E-state index in [1.165, 1.54) is 30.6 Å². The van der Waals surface area contributed by atoms with Gasteiger partial charge in [0, 0.05) is 11.9 Å². The van der Waals surface area contributed by atoms with Crippen LogP contribution in [0.15, 0.2) is 24.4 Å². The Balaban J connectivity index is 2.30. The first-order valence-electron chi connectivity index (χ1n) is 6.86. The van der Waals surface area contributed by atoms with Crippen LogP contribution in [0.1, 0.15) is 46.2 Å². The van der Waals surface area contributed by atoms with Crippen LogP contribution >= 0.6 is 0 Å². The summed E-state index contributed by atoms with van der Waals surface area (Å²) in [5, 5.41) is 0.500. The molecule has 0 aromatic carbocycles. The summed E-state index contributed by atoms with van der Waals surface area (Å²) in [6, 6.07) is 9.14. The van der Waals surface area contributed by atoms with Crippen LogP contribution in [0.25, 0.3) is 0 Å². The van der Waals surface area contributed by atoms with Crippen LogP contribution in [0.4, 0.5) is 0 Å². The lowest BCUT2D eigenvalue weighted by molar-refractivity contribution is 0.680. The zero-order chi connectivity index (χ0) is 12.5. The monoisotopic (exact) mass is 247 g/mol. The molecular formula is C15H25NSi. The lowest BCUT2D eigenvalue weighted by Gasteiger charge is -2.43. The summed E-state index contributed by atoms with van der Waals surface area (Å²) < 4.78 is 0. The Morgan fingerprint density at radius 2 is 2.12 bits per heavy atom. The summed E-state index contributed by atoms with van der Waals surface area (Å²) in [4.78, 5) is 4.57. The Morgan fingerprint density at radius 3 is 2.59 bits per heavy atom. The van der Waals surface area contributed by atoms with E-state index in [-0.39, 0.29) is 0 Å². The van der Waals surface area contributed by atoms with E-state index >= 15 is 0 Å². The molecule has 2 atom stereocenters. The van der Waals surface area contributed by atoms with E-state index in [9.17, 15) is 0 Å². The van der Waals surface area contributed by atoms with Crippen molar-refractivity contribution in [1.82, 2.24) is 4.98 Å². The zero-order valence-corrected chi connectivity index (χ0v) is 12.7. The van der Waals surface area contributed by atoms with Gasteiger partial charge in [0.15, 0.2) is 0 Å². The number of nitrogens with zero attached hydrogens (tertiary/aromatic N) is 1. The fourth-order valence-corrected chi connectivity index (χ4v) is 9.94. The van der Waals surface area contributed by atoms with E-state index in [0.717, 1.165) is 5.54 Å². The lowest BCUT2D eigenvalue weighted by Crippen LogP contribution is -2.47. The molecule has 0 aliphatic carbocycles. The molecule has 1 aromatic rings. The highest BCUT2D eigenvalue weighted by molar-refractivity contribution is 6.83. The third kappa shape index (κ3) is 2.32. The molecule has 1 aromatic heterocycles. The quantitative estimate of drug-likeness (QED) is 0.696. The number of pyridine rings is 1. The Labute approximate surface area is 107 Å². The van der Waals surface area contributed by atoms with Gasteiger partial charge in [0.25, 0.3) is 0 Å². The van der Waals surface area contributed by atoms with E-state index in [2.05, 4.69) is 44.8 Å². The molecule has 1 fully saturated rings. The second-order valence-electron chi connectivity index (χ2n) is 6.70. The standard InChI is InChI=1S/C15H25NSi/c1-13-8-7-11-17(13,15(2,3)4)12-14-9-5-6-10-16-14/h5-6,9-10,13H,7-8,11-12H2,1-4H3. The van der Waals surface area contributed by atoms with Gasteiger partial charge in [-0.3, -0.25) is 4.98 Å². The van der Waals surface area contributed by atoms with Crippen LogP contribution in [0.3, 0.4) is 0 Å². The molecule has 0 N–H and O–H groups in total. The molecule has 2 unspecified atom stereocenters. The first-order chi connectivity index (χ1) is 7.96. The maximum Gasteiger partial charge on any atom is 0.0678 e. The molecule has 0 radical (unpaired) electrons. The van der Waals surface area contributed by atoms with Gasteiger partial charge in [-0.2, -0.15) is 0 Å². The third-order valence-corrected chi connectivity index (χ3v) is 12.3. The first-order valence-corrected chi connectivity index (χ1v) is 9.35. The molecule has 2 rings (SSSR count). The largest absolute Gasteiger partial charge is 0.262 e. The predicted molar refractivity (Wildman–Crippen MR) is 76.9 cm³/mol. The minimum atomic E-state index is -1.24. The normalized spacial score (nSPS) is 29.5. The van der Waals surface area contributed by atoms with Gasteiger partial charge in [0.05, 0.1) is 8.07 Å². The molecule has 1 aliphatic rings. The van der Waals surface area contributed by atoms with Crippen LogP contribution in [0, 0.1) is 0 Å². The number of hydrogen-bond donors (Lipinski definition) is 0. The van der Waals surface area contributed by atoms with E-state index < -0.39 is 8.07 Å². The highest BCUT2D eigenvalue weighted by Crippen LogP contribution is 2.54. The van der Waals surface area contributed by atoms with Crippen molar-refractivity contribution in [2.75, 3.05) is 0 Å². The van der Waals surface area contributed by atoms with Crippen molar-refractivity contribution in [3.8, 4) is 0 Å². The molecule has 94 valence electrons. The smallest absolute Gasteiger partial charge is 0.0678 e. The van der Waals surface area contributed by atoms with Crippen LogP contribution < -0.4 is 0 Å². The highest BCUT2D eigenvalue weighted by atomic mass is 28.3. The number of aromatic nitrogens is 1. The van der Waals surface area contributed by atoms with E-state index in [1.807, 2.05) is 12.3 Å². The average Bonchev–Trinajstić information content (AvgIpc) is 2.62. The van der Waals surface area contributed by atoms with Crippen molar-refractivity contribution < 1.29 is 0 Å². The molecule has 1 aliphatic heterocycles. The van der Waals surface area contributed by atoms with Crippen molar-refractivity contribution >= 4 is 8.07 Å². The molecule has 0 amide bonds. The van der Waals surface area contributed by atoms with Crippen molar-refractivity contribution in [3.05, 3.63) is 30.1 Å². The summed E-state index contributed by atoms with van der Waals surface area (Å²) in [7, 11) is -1.24. The van der Waals surface area contributed by atoms with Crippen molar-refractivity contribution in [2.24, 2.45) is 0 Å². The fraction of sp³-hybridized carbons (Fsp3) is 0.667. The Kier molecular flexibility index (Phi) is 3.44. The van der Waals surface area contributed by atoms with Crippen LogP contribution in [-0.2, 0) is 6.04 Å². The molecule has 2 heteroatoms.